The van der Waals surface area contributed by atoms with Gasteiger partial charge in [0, 0.05) is 6.54 Å². The summed E-state index contributed by atoms with van der Waals surface area (Å²) in [5.74, 6) is -1.13. The van der Waals surface area contributed by atoms with Crippen LogP contribution in [0.3, 0.4) is 0 Å². The summed E-state index contributed by atoms with van der Waals surface area (Å²) < 4.78 is 0. The van der Waals surface area contributed by atoms with E-state index in [4.69, 9.17) is 10.2 Å². The van der Waals surface area contributed by atoms with E-state index in [1.807, 2.05) is 6.92 Å². The number of para-hydroxylation sites is 1. The Hall–Kier alpha value is -2.04. The highest BCUT2D eigenvalue weighted by Crippen LogP contribution is 2.20. The van der Waals surface area contributed by atoms with Crippen LogP contribution in [0.4, 0.5) is 10.5 Å². The molecule has 0 aliphatic rings. The number of anilines is 1. The van der Waals surface area contributed by atoms with Gasteiger partial charge in [-0.15, -0.1) is 0 Å². The number of rotatable bonds is 4. The third kappa shape index (κ3) is 2.50. The Morgan fingerprint density at radius 3 is 2.38 bits per heavy atom. The smallest absolute Gasteiger partial charge is 0.411 e. The molecule has 1 aromatic carbocycles. The Labute approximate surface area is 92.9 Å². The Morgan fingerprint density at radius 2 is 1.88 bits per heavy atom. The fourth-order valence-corrected chi connectivity index (χ4v) is 1.43. The fourth-order valence-electron chi connectivity index (χ4n) is 1.43. The Kier molecular flexibility index (Phi) is 3.88. The first-order chi connectivity index (χ1) is 7.57. The van der Waals surface area contributed by atoms with Gasteiger partial charge in [0.1, 0.15) is 0 Å². The average Bonchev–Trinajstić information content (AvgIpc) is 2.25. The molecule has 1 rings (SSSR count). The molecular weight excluding hydrogens is 210 g/mol. The number of nitrogens with zero attached hydrogens (tertiary/aromatic N) is 1. The molecule has 2 N–H and O–H groups in total. The molecule has 0 aliphatic heterocycles. The molecule has 5 heteroatoms. The molecule has 1 aromatic rings. The lowest BCUT2D eigenvalue weighted by molar-refractivity contribution is 0.0697. The van der Waals surface area contributed by atoms with E-state index < -0.39 is 12.1 Å². The predicted molar refractivity (Wildman–Crippen MR) is 59.1 cm³/mol. The summed E-state index contributed by atoms with van der Waals surface area (Å²) in [5, 5.41) is 17.9. The molecule has 0 saturated heterocycles. The third-order valence-corrected chi connectivity index (χ3v) is 2.10. The van der Waals surface area contributed by atoms with Crippen LogP contribution in [0.1, 0.15) is 23.7 Å². The molecule has 0 aromatic heterocycles. The number of hydrogen-bond acceptors (Lipinski definition) is 2. The van der Waals surface area contributed by atoms with Crippen molar-refractivity contribution in [2.24, 2.45) is 0 Å². The second kappa shape index (κ2) is 5.16. The van der Waals surface area contributed by atoms with Gasteiger partial charge >= 0.3 is 12.1 Å². The highest BCUT2D eigenvalue weighted by atomic mass is 16.4. The summed E-state index contributed by atoms with van der Waals surface area (Å²) in [7, 11) is 0. The highest BCUT2D eigenvalue weighted by Gasteiger charge is 2.19. The topological polar surface area (TPSA) is 77.8 Å². The number of amides is 1. The molecule has 86 valence electrons. The van der Waals surface area contributed by atoms with Crippen molar-refractivity contribution in [2.45, 2.75) is 13.3 Å². The minimum absolute atomic E-state index is 0.00153. The summed E-state index contributed by atoms with van der Waals surface area (Å²) in [4.78, 5) is 23.0. The highest BCUT2D eigenvalue weighted by molar-refractivity contribution is 5.99. The maximum atomic E-state index is 11.0. The maximum Gasteiger partial charge on any atom is 0.411 e. The number of hydrogen-bond donors (Lipinski definition) is 2. The zero-order chi connectivity index (χ0) is 12.1. The molecule has 0 atom stereocenters. The van der Waals surface area contributed by atoms with E-state index in [1.165, 1.54) is 12.1 Å². The number of benzene rings is 1. The van der Waals surface area contributed by atoms with Gasteiger partial charge in [0.2, 0.25) is 0 Å². The second-order valence-corrected chi connectivity index (χ2v) is 3.26. The zero-order valence-corrected chi connectivity index (χ0v) is 8.88. The van der Waals surface area contributed by atoms with Crippen LogP contribution < -0.4 is 4.90 Å². The van der Waals surface area contributed by atoms with E-state index in [0.717, 1.165) is 4.90 Å². The lowest BCUT2D eigenvalue weighted by Gasteiger charge is -2.20. The molecule has 0 saturated carbocycles. The molecule has 0 fully saturated rings. The quantitative estimate of drug-likeness (QED) is 0.820. The molecule has 0 heterocycles. The van der Waals surface area contributed by atoms with Crippen molar-refractivity contribution >= 4 is 17.7 Å². The predicted octanol–water partition coefficient (Wildman–Crippen LogP) is 2.28. The fraction of sp³-hybridized carbons (Fsp3) is 0.273. The van der Waals surface area contributed by atoms with E-state index in [-0.39, 0.29) is 17.8 Å². The number of carboxylic acid groups (broad SMARTS) is 2. The van der Waals surface area contributed by atoms with Gasteiger partial charge < -0.3 is 10.2 Å². The van der Waals surface area contributed by atoms with Crippen LogP contribution in [0.2, 0.25) is 0 Å². The number of aromatic carboxylic acids is 1. The first-order valence-corrected chi connectivity index (χ1v) is 4.90. The third-order valence-electron chi connectivity index (χ3n) is 2.10. The summed E-state index contributed by atoms with van der Waals surface area (Å²) in [6, 6.07) is 6.07. The normalized spacial score (nSPS) is 9.81. The van der Waals surface area contributed by atoms with Crippen molar-refractivity contribution in [1.82, 2.24) is 0 Å². The molecular formula is C11H13NO4. The van der Waals surface area contributed by atoms with Gasteiger partial charge in [-0.25, -0.2) is 9.59 Å². The van der Waals surface area contributed by atoms with Gasteiger partial charge in [-0.2, -0.15) is 0 Å². The van der Waals surface area contributed by atoms with Gasteiger partial charge in [-0.1, -0.05) is 19.1 Å². The van der Waals surface area contributed by atoms with Crippen LogP contribution in [0.25, 0.3) is 0 Å². The van der Waals surface area contributed by atoms with E-state index in [0.29, 0.717) is 6.42 Å². The molecule has 5 nitrogen and oxygen atoms in total. The summed E-state index contributed by atoms with van der Waals surface area (Å²) in [6.07, 6.45) is -0.518. The van der Waals surface area contributed by atoms with Crippen LogP contribution in [0.15, 0.2) is 24.3 Å². The van der Waals surface area contributed by atoms with Crippen molar-refractivity contribution < 1.29 is 19.8 Å². The van der Waals surface area contributed by atoms with Gasteiger partial charge in [0.15, 0.2) is 0 Å². The molecule has 16 heavy (non-hydrogen) atoms. The van der Waals surface area contributed by atoms with E-state index in [1.54, 1.807) is 12.1 Å². The monoisotopic (exact) mass is 223 g/mol. The molecule has 1 amide bonds. The van der Waals surface area contributed by atoms with Gasteiger partial charge in [0.05, 0.1) is 11.3 Å². The molecule has 0 spiro atoms. The minimum Gasteiger partial charge on any atom is -0.478 e. The molecule has 0 aliphatic carbocycles. The van der Waals surface area contributed by atoms with Gasteiger partial charge in [-0.3, -0.25) is 4.90 Å². The maximum absolute atomic E-state index is 11.0. The van der Waals surface area contributed by atoms with Crippen molar-refractivity contribution in [3.63, 3.8) is 0 Å². The van der Waals surface area contributed by atoms with Crippen LogP contribution in [-0.4, -0.2) is 28.8 Å². The summed E-state index contributed by atoms with van der Waals surface area (Å²) >= 11 is 0. The van der Waals surface area contributed by atoms with Crippen LogP contribution >= 0.6 is 0 Å². The molecule has 0 radical (unpaired) electrons. The van der Waals surface area contributed by atoms with E-state index in [9.17, 15) is 9.59 Å². The number of carboxylic acids is 1. The van der Waals surface area contributed by atoms with Crippen LogP contribution in [-0.2, 0) is 0 Å². The standard InChI is InChI=1S/C11H13NO4/c1-2-7-12(11(15)16)9-6-4-3-5-8(9)10(13)14/h3-6H,2,7H2,1H3,(H,13,14)(H,15,16). The van der Waals surface area contributed by atoms with Crippen LogP contribution in [0.5, 0.6) is 0 Å². The Balaban J connectivity index is 3.17. The Bertz CT molecular complexity index is 403. The molecule has 0 bridgehead atoms. The van der Waals surface area contributed by atoms with E-state index in [2.05, 4.69) is 0 Å². The zero-order valence-electron chi connectivity index (χ0n) is 8.88. The van der Waals surface area contributed by atoms with Crippen molar-refractivity contribution in [2.75, 3.05) is 11.4 Å². The summed E-state index contributed by atoms with van der Waals surface area (Å²) in [5.41, 5.74) is 0.211. The largest absolute Gasteiger partial charge is 0.478 e. The first kappa shape index (κ1) is 12.0. The summed E-state index contributed by atoms with van der Waals surface area (Å²) in [6.45, 7) is 2.11. The number of carbonyl (C=O) groups is 2. The van der Waals surface area contributed by atoms with Gasteiger partial charge in [-0.05, 0) is 18.6 Å². The average molecular weight is 223 g/mol. The van der Waals surface area contributed by atoms with Crippen molar-refractivity contribution in [1.29, 1.82) is 0 Å². The lowest BCUT2D eigenvalue weighted by atomic mass is 10.1. The van der Waals surface area contributed by atoms with Crippen LogP contribution in [0, 0.1) is 0 Å². The first-order valence-electron chi connectivity index (χ1n) is 4.90. The molecule has 0 unspecified atom stereocenters. The van der Waals surface area contributed by atoms with E-state index >= 15 is 0 Å². The van der Waals surface area contributed by atoms with Crippen molar-refractivity contribution in [3.05, 3.63) is 29.8 Å². The minimum atomic E-state index is -1.14. The second-order valence-electron chi connectivity index (χ2n) is 3.26. The SMILES string of the molecule is CCCN(C(=O)O)c1ccccc1C(=O)O. The van der Waals surface area contributed by atoms with Crippen molar-refractivity contribution in [3.8, 4) is 0 Å². The Morgan fingerprint density at radius 1 is 1.25 bits per heavy atom. The lowest BCUT2D eigenvalue weighted by Crippen LogP contribution is -2.31. The van der Waals surface area contributed by atoms with Gasteiger partial charge in [0.25, 0.3) is 0 Å².